The zero-order chi connectivity index (χ0) is 77.4. The summed E-state index contributed by atoms with van der Waals surface area (Å²) in [6, 6.07) is 0. The molecule has 0 radical (unpaired) electrons. The number of carbonyl (C=O) groups excluding carboxylic acids is 4. The van der Waals surface area contributed by atoms with Crippen molar-refractivity contribution in [2.24, 2.45) is 0 Å². The van der Waals surface area contributed by atoms with Crippen molar-refractivity contribution in [2.45, 2.75) is 316 Å². The van der Waals surface area contributed by atoms with E-state index in [1.54, 1.807) is 0 Å². The molecule has 0 aromatic carbocycles. The zero-order valence-electron chi connectivity index (χ0n) is 65.8. The lowest BCUT2D eigenvalue weighted by atomic mass is 10.1. The highest BCUT2D eigenvalue weighted by Crippen LogP contribution is 2.45. The average molecular weight is 1520 g/mol. The molecule has 0 aliphatic rings. The second kappa shape index (κ2) is 77.6. The van der Waals surface area contributed by atoms with Crippen molar-refractivity contribution >= 4 is 39.5 Å². The van der Waals surface area contributed by atoms with Crippen LogP contribution in [0.15, 0.2) is 170 Å². The van der Waals surface area contributed by atoms with E-state index < -0.39 is 97.5 Å². The smallest absolute Gasteiger partial charge is 0.462 e. The third-order valence-corrected chi connectivity index (χ3v) is 18.1. The van der Waals surface area contributed by atoms with Crippen molar-refractivity contribution in [2.75, 3.05) is 39.6 Å². The summed E-state index contributed by atoms with van der Waals surface area (Å²) in [6.45, 7) is 4.40. The van der Waals surface area contributed by atoms with E-state index in [9.17, 15) is 43.2 Å². The van der Waals surface area contributed by atoms with Crippen LogP contribution in [0.4, 0.5) is 0 Å². The van der Waals surface area contributed by atoms with Gasteiger partial charge in [-0.25, -0.2) is 9.13 Å². The molecule has 5 atom stereocenters. The molecule has 0 bridgehead atoms. The van der Waals surface area contributed by atoms with Gasteiger partial charge in [0.25, 0.3) is 0 Å². The number of rotatable bonds is 74. The van der Waals surface area contributed by atoms with Crippen molar-refractivity contribution in [1.82, 2.24) is 0 Å². The molecule has 602 valence electrons. The van der Waals surface area contributed by atoms with E-state index in [0.29, 0.717) is 32.1 Å². The van der Waals surface area contributed by atoms with E-state index in [4.69, 9.17) is 37.0 Å². The molecule has 0 fully saturated rings. The van der Waals surface area contributed by atoms with Crippen molar-refractivity contribution in [3.8, 4) is 0 Å². The van der Waals surface area contributed by atoms with Crippen LogP contribution in [0.3, 0.4) is 0 Å². The fraction of sp³-hybridized carbons (Fsp3) is 0.632. The lowest BCUT2D eigenvalue weighted by Gasteiger charge is -2.21. The Hall–Kier alpha value is -5.58. The van der Waals surface area contributed by atoms with Crippen LogP contribution < -0.4 is 0 Å². The molecular weight excluding hydrogens is 1380 g/mol. The number of aliphatic hydroxyl groups is 1. The fourth-order valence-corrected chi connectivity index (χ4v) is 11.7. The Balaban J connectivity index is 5.47. The molecule has 0 saturated carbocycles. The molecule has 19 heteroatoms. The third kappa shape index (κ3) is 76.6. The quantitative estimate of drug-likeness (QED) is 0.0169. The van der Waals surface area contributed by atoms with E-state index in [2.05, 4.69) is 198 Å². The van der Waals surface area contributed by atoms with Gasteiger partial charge in [-0.15, -0.1) is 0 Å². The highest BCUT2D eigenvalue weighted by Gasteiger charge is 2.30. The van der Waals surface area contributed by atoms with Crippen LogP contribution in [0, 0.1) is 0 Å². The van der Waals surface area contributed by atoms with E-state index in [0.717, 1.165) is 173 Å². The number of unbranched alkanes of at least 4 members (excludes halogenated alkanes) is 20. The molecule has 0 spiro atoms. The monoisotopic (exact) mass is 1520 g/mol. The predicted octanol–water partition coefficient (Wildman–Crippen LogP) is 23.8. The summed E-state index contributed by atoms with van der Waals surface area (Å²) in [5.41, 5.74) is 0. The first-order valence-corrected chi connectivity index (χ1v) is 43.4. The Labute approximate surface area is 642 Å². The Kier molecular flexibility index (Phi) is 73.5. The van der Waals surface area contributed by atoms with Crippen molar-refractivity contribution < 1.29 is 80.2 Å². The molecule has 0 rings (SSSR count). The Morgan fingerprint density at radius 3 is 0.792 bits per heavy atom. The van der Waals surface area contributed by atoms with E-state index >= 15 is 0 Å². The Morgan fingerprint density at radius 1 is 0.274 bits per heavy atom. The normalized spacial score (nSPS) is 14.7. The van der Waals surface area contributed by atoms with Gasteiger partial charge in [0.05, 0.1) is 26.4 Å². The summed E-state index contributed by atoms with van der Waals surface area (Å²) in [6.07, 6.45) is 91.9. The van der Waals surface area contributed by atoms with Gasteiger partial charge in [0.2, 0.25) is 0 Å². The van der Waals surface area contributed by atoms with Crippen molar-refractivity contribution in [3.63, 3.8) is 0 Å². The van der Waals surface area contributed by atoms with E-state index in [1.807, 2.05) is 0 Å². The number of hydrogen-bond acceptors (Lipinski definition) is 15. The molecule has 0 saturated heterocycles. The minimum Gasteiger partial charge on any atom is -0.462 e. The maximum absolute atomic E-state index is 13.1. The molecule has 3 N–H and O–H groups in total. The van der Waals surface area contributed by atoms with Crippen molar-refractivity contribution in [1.29, 1.82) is 0 Å². The van der Waals surface area contributed by atoms with Crippen LogP contribution in [0.2, 0.25) is 0 Å². The number of hydrogen-bond donors (Lipinski definition) is 3. The number of allylic oxidation sites excluding steroid dienone is 28. The summed E-state index contributed by atoms with van der Waals surface area (Å²) >= 11 is 0. The second-order valence-corrected chi connectivity index (χ2v) is 29.1. The minimum absolute atomic E-state index is 0.0282. The van der Waals surface area contributed by atoms with Crippen molar-refractivity contribution in [3.05, 3.63) is 170 Å². The molecule has 0 aromatic heterocycles. The van der Waals surface area contributed by atoms with Crippen LogP contribution in [0.1, 0.15) is 297 Å². The van der Waals surface area contributed by atoms with Crippen LogP contribution in [-0.4, -0.2) is 96.7 Å². The summed E-state index contributed by atoms with van der Waals surface area (Å²) in [5.74, 6) is -2.31. The summed E-state index contributed by atoms with van der Waals surface area (Å²) in [5, 5.41) is 10.6. The van der Waals surface area contributed by atoms with Gasteiger partial charge in [-0.05, 0) is 173 Å². The van der Waals surface area contributed by atoms with Crippen LogP contribution >= 0.6 is 15.6 Å². The molecular formula is C87H142O17P2. The first-order chi connectivity index (χ1) is 51.7. The molecule has 0 aliphatic carbocycles. The highest BCUT2D eigenvalue weighted by atomic mass is 31.2. The maximum Gasteiger partial charge on any atom is 0.472 e. The number of ether oxygens (including phenoxy) is 4. The number of phosphoric ester groups is 2. The SMILES string of the molecule is CC/C=C\C/C=C\C/C=C\C/C=C\C/C=C\CCCCCC(=O)OCC(COP(=O)(O)OCC(O)COP(=O)(O)OCC(COC(=O)CCCCCC/C=C\C/C=C\C/C=C\C/C=C\CC)OC(=O)CCCCCCC/C=C\CCCCCCCC)OC(=O)CCCC/C=C\C/C=C\C/C=C\C/C=C\CC. The first-order valence-electron chi connectivity index (χ1n) is 40.4. The Bertz CT molecular complexity index is 2680. The number of aliphatic hydroxyl groups excluding tert-OH is 1. The minimum atomic E-state index is -5.01. The fourth-order valence-electron chi connectivity index (χ4n) is 10.1. The van der Waals surface area contributed by atoms with Gasteiger partial charge in [0.15, 0.2) is 12.2 Å². The highest BCUT2D eigenvalue weighted by molar-refractivity contribution is 7.47. The molecule has 0 aromatic rings. The zero-order valence-corrected chi connectivity index (χ0v) is 67.6. The summed E-state index contributed by atoms with van der Waals surface area (Å²) in [7, 11) is -10.0. The average Bonchev–Trinajstić information content (AvgIpc) is 0.909. The molecule has 17 nitrogen and oxygen atoms in total. The predicted molar refractivity (Wildman–Crippen MR) is 436 cm³/mol. The number of phosphoric acid groups is 2. The first kappa shape index (κ1) is 100. The van der Waals surface area contributed by atoms with Gasteiger partial charge in [0.1, 0.15) is 19.3 Å². The van der Waals surface area contributed by atoms with Gasteiger partial charge in [-0.3, -0.25) is 37.3 Å². The topological polar surface area (TPSA) is 237 Å². The Morgan fingerprint density at radius 2 is 0.491 bits per heavy atom. The van der Waals surface area contributed by atoms with E-state index in [-0.39, 0.29) is 25.7 Å². The third-order valence-electron chi connectivity index (χ3n) is 16.2. The maximum atomic E-state index is 13.1. The second-order valence-electron chi connectivity index (χ2n) is 26.2. The lowest BCUT2D eigenvalue weighted by Crippen LogP contribution is -2.30. The van der Waals surface area contributed by atoms with Gasteiger partial charge < -0.3 is 33.8 Å². The van der Waals surface area contributed by atoms with Gasteiger partial charge in [0, 0.05) is 25.7 Å². The largest absolute Gasteiger partial charge is 0.472 e. The lowest BCUT2D eigenvalue weighted by molar-refractivity contribution is -0.161. The number of carbonyl (C=O) groups is 4. The number of esters is 4. The molecule has 5 unspecified atom stereocenters. The van der Waals surface area contributed by atoms with Gasteiger partial charge in [-0.2, -0.15) is 0 Å². The van der Waals surface area contributed by atoms with Crippen LogP contribution in [-0.2, 0) is 65.4 Å². The standard InChI is InChI=1S/C87H142O17P2/c1-5-9-13-17-21-25-29-33-37-39-40-42-46-48-52-56-60-64-68-72-85(90)98-78-83(104-87(92)74-70-66-62-58-54-50-44-36-32-28-24-20-16-12-8-4)80-102-106(95,96)100-76-81(88)75-99-105(93,94)101-79-82(103-86(91)73-69-65-61-57-53-49-43-35-31-27-23-19-15-11-7-3)77-97-84(89)71-67-63-59-55-51-47-45-41-38-34-30-26-22-18-14-10-6-2/h9-10,12-14,16,21-22,24-26,28,33-38,40,42-45,47-48,52,54,58,81-83,88H,5-8,11,15,17-20,23,27,29-32,39,41,46,49-51,53,55-57,59-80H2,1-4H3,(H,93,94)(H,95,96)/b13-9-,14-10-,16-12-,25-21-,26-22-,28-24-,37-33-,38-34-,42-40-,43-35-,44-36-,47-45-,52-48-,58-54-. The van der Waals surface area contributed by atoms with Crippen LogP contribution in [0.25, 0.3) is 0 Å². The van der Waals surface area contributed by atoms with E-state index in [1.165, 1.54) is 38.5 Å². The van der Waals surface area contributed by atoms with Crippen LogP contribution in [0.5, 0.6) is 0 Å². The van der Waals surface area contributed by atoms with Gasteiger partial charge >= 0.3 is 39.5 Å². The molecule has 0 amide bonds. The summed E-state index contributed by atoms with van der Waals surface area (Å²) in [4.78, 5) is 73.1. The van der Waals surface area contributed by atoms with Gasteiger partial charge in [-0.1, -0.05) is 268 Å². The molecule has 106 heavy (non-hydrogen) atoms. The molecule has 0 heterocycles. The summed E-state index contributed by atoms with van der Waals surface area (Å²) < 4.78 is 68.6. The molecule has 0 aliphatic heterocycles.